The van der Waals surface area contributed by atoms with Gasteiger partial charge in [-0.3, -0.25) is 4.55 Å². The molecule has 1 aromatic heterocycles. The van der Waals surface area contributed by atoms with Gasteiger partial charge >= 0.3 is 22.5 Å². The molecule has 1 heterocycles. The van der Waals surface area contributed by atoms with E-state index >= 15 is 0 Å². The molecule has 1 aromatic carbocycles. The molecular weight excluding hydrogens is 366 g/mol. The quantitative estimate of drug-likeness (QED) is 0.662. The van der Waals surface area contributed by atoms with Gasteiger partial charge < -0.3 is 4.57 Å². The van der Waals surface area contributed by atoms with E-state index in [1.165, 1.54) is 0 Å². The summed E-state index contributed by atoms with van der Waals surface area (Å²) < 4.78 is 109. The fourth-order valence-electron chi connectivity index (χ4n) is 1.99. The van der Waals surface area contributed by atoms with Crippen LogP contribution in [0.2, 0.25) is 0 Å². The minimum atomic E-state index is -5.09. The standard InChI is InChI=1S/C12H8F6N2O3S/c13-11(14,15)8-2-1-7(9(5-8)12(16,17)18)6-20-4-3-19-10(20)24(21,22)23/h1-5H,6H2,(H,21,22,23). The molecule has 0 radical (unpaired) electrons. The van der Waals surface area contributed by atoms with Gasteiger partial charge in [0.05, 0.1) is 17.7 Å². The number of halogens is 6. The third-order valence-electron chi connectivity index (χ3n) is 2.99. The van der Waals surface area contributed by atoms with E-state index in [0.29, 0.717) is 16.7 Å². The summed E-state index contributed by atoms with van der Waals surface area (Å²) in [5.41, 5.74) is -3.66. The highest BCUT2D eigenvalue weighted by molar-refractivity contribution is 7.85. The maximum absolute atomic E-state index is 13.0. The normalized spacial score (nSPS) is 13.3. The number of hydrogen-bond acceptors (Lipinski definition) is 3. The van der Waals surface area contributed by atoms with Crippen LogP contribution < -0.4 is 0 Å². The first-order valence-electron chi connectivity index (χ1n) is 6.06. The molecule has 0 saturated carbocycles. The Kier molecular flexibility index (Phi) is 4.39. The Labute approximate surface area is 131 Å². The first-order chi connectivity index (χ1) is 10.8. The van der Waals surface area contributed by atoms with Crippen LogP contribution in [0.15, 0.2) is 35.7 Å². The second-order valence-electron chi connectivity index (χ2n) is 4.68. The molecular formula is C12H8F6N2O3S. The number of rotatable bonds is 3. The molecule has 2 aromatic rings. The van der Waals surface area contributed by atoms with E-state index in [0.717, 1.165) is 12.4 Å². The van der Waals surface area contributed by atoms with Crippen molar-refractivity contribution in [3.05, 3.63) is 47.3 Å². The van der Waals surface area contributed by atoms with Crippen molar-refractivity contribution in [3.63, 3.8) is 0 Å². The number of nitrogens with zero attached hydrogens (tertiary/aromatic N) is 2. The van der Waals surface area contributed by atoms with Gasteiger partial charge in [0.1, 0.15) is 0 Å². The second-order valence-corrected chi connectivity index (χ2v) is 6.00. The lowest BCUT2D eigenvalue weighted by molar-refractivity contribution is -0.143. The number of aromatic nitrogens is 2. The van der Waals surface area contributed by atoms with Crippen molar-refractivity contribution in [2.24, 2.45) is 0 Å². The maximum atomic E-state index is 13.0. The van der Waals surface area contributed by atoms with Gasteiger partial charge in [0.2, 0.25) is 0 Å². The van der Waals surface area contributed by atoms with Gasteiger partial charge in [0.25, 0.3) is 5.16 Å². The Bertz CT molecular complexity index is 854. The van der Waals surface area contributed by atoms with E-state index in [9.17, 15) is 34.8 Å². The van der Waals surface area contributed by atoms with E-state index in [-0.39, 0.29) is 6.07 Å². The van der Waals surface area contributed by atoms with Crippen molar-refractivity contribution in [3.8, 4) is 0 Å². The molecule has 0 atom stereocenters. The summed E-state index contributed by atoms with van der Waals surface area (Å²) in [7, 11) is -4.80. The van der Waals surface area contributed by atoms with Crippen LogP contribution >= 0.6 is 0 Å². The van der Waals surface area contributed by atoms with Crippen LogP contribution in [0, 0.1) is 0 Å². The van der Waals surface area contributed by atoms with Crippen LogP contribution in [0.4, 0.5) is 26.3 Å². The molecule has 24 heavy (non-hydrogen) atoms. The number of alkyl halides is 6. The lowest BCUT2D eigenvalue weighted by Crippen LogP contribution is -2.16. The highest BCUT2D eigenvalue weighted by Gasteiger charge is 2.38. The first-order valence-corrected chi connectivity index (χ1v) is 7.50. The number of hydrogen-bond donors (Lipinski definition) is 1. The number of imidazole rings is 1. The fourth-order valence-corrected chi connectivity index (χ4v) is 2.60. The molecule has 132 valence electrons. The van der Waals surface area contributed by atoms with Crippen LogP contribution in [-0.2, 0) is 29.0 Å². The predicted octanol–water partition coefficient (Wildman–Crippen LogP) is 3.22. The van der Waals surface area contributed by atoms with Crippen molar-refractivity contribution in [2.75, 3.05) is 0 Å². The Morgan fingerprint density at radius 1 is 1.08 bits per heavy atom. The van der Waals surface area contributed by atoms with Crippen molar-refractivity contribution in [1.82, 2.24) is 9.55 Å². The zero-order valence-corrected chi connectivity index (χ0v) is 12.2. The van der Waals surface area contributed by atoms with Crippen molar-refractivity contribution in [2.45, 2.75) is 24.1 Å². The van der Waals surface area contributed by atoms with Crippen molar-refractivity contribution < 1.29 is 39.3 Å². The average molecular weight is 374 g/mol. The predicted molar refractivity (Wildman–Crippen MR) is 67.6 cm³/mol. The molecule has 0 unspecified atom stereocenters. The molecule has 0 spiro atoms. The van der Waals surface area contributed by atoms with Crippen LogP contribution in [0.1, 0.15) is 16.7 Å². The van der Waals surface area contributed by atoms with Gasteiger partial charge in [-0.05, 0) is 17.7 Å². The third kappa shape index (κ3) is 3.87. The summed E-state index contributed by atoms with van der Waals surface area (Å²) in [6.07, 6.45) is -8.16. The van der Waals surface area contributed by atoms with Crippen LogP contribution in [0.5, 0.6) is 0 Å². The number of benzene rings is 1. The van der Waals surface area contributed by atoms with Gasteiger partial charge in [0, 0.05) is 12.4 Å². The molecule has 12 heteroatoms. The largest absolute Gasteiger partial charge is 0.416 e. The molecule has 0 aliphatic rings. The minimum absolute atomic E-state index is 0.0562. The van der Waals surface area contributed by atoms with Gasteiger partial charge in [-0.25, -0.2) is 4.98 Å². The van der Waals surface area contributed by atoms with Gasteiger partial charge in [-0.1, -0.05) is 6.07 Å². The summed E-state index contributed by atoms with van der Waals surface area (Å²) in [5.74, 6) is 0. The maximum Gasteiger partial charge on any atom is 0.416 e. The Balaban J connectivity index is 2.54. The van der Waals surface area contributed by atoms with Gasteiger partial charge in [0.15, 0.2) is 0 Å². The molecule has 2 rings (SSSR count). The molecule has 0 fully saturated rings. The highest BCUT2D eigenvalue weighted by Crippen LogP contribution is 2.37. The molecule has 0 amide bonds. The van der Waals surface area contributed by atoms with E-state index in [1.54, 1.807) is 0 Å². The molecule has 0 saturated heterocycles. The molecule has 5 nitrogen and oxygen atoms in total. The van der Waals surface area contributed by atoms with E-state index < -0.39 is 50.9 Å². The molecule has 0 bridgehead atoms. The summed E-state index contributed by atoms with van der Waals surface area (Å²) in [5, 5.41) is -0.921. The Hall–Kier alpha value is -2.08. The lowest BCUT2D eigenvalue weighted by atomic mass is 10.0. The monoisotopic (exact) mass is 374 g/mol. The summed E-state index contributed by atoms with van der Waals surface area (Å²) in [6, 6.07) is 0.993. The summed E-state index contributed by atoms with van der Waals surface area (Å²) in [4.78, 5) is 3.30. The average Bonchev–Trinajstić information content (AvgIpc) is 2.84. The third-order valence-corrected chi connectivity index (χ3v) is 3.79. The van der Waals surface area contributed by atoms with Crippen molar-refractivity contribution >= 4 is 10.1 Å². The van der Waals surface area contributed by atoms with Crippen molar-refractivity contribution in [1.29, 1.82) is 0 Å². The molecule has 1 N–H and O–H groups in total. The zero-order chi connectivity index (χ0) is 18.3. The van der Waals surface area contributed by atoms with Crippen LogP contribution in [0.25, 0.3) is 0 Å². The van der Waals surface area contributed by atoms with E-state index in [1.807, 2.05) is 0 Å². The zero-order valence-electron chi connectivity index (χ0n) is 11.4. The topological polar surface area (TPSA) is 72.2 Å². The second kappa shape index (κ2) is 5.77. The van der Waals surface area contributed by atoms with Gasteiger partial charge in [-0.2, -0.15) is 34.8 Å². The van der Waals surface area contributed by atoms with Crippen LogP contribution in [0.3, 0.4) is 0 Å². The first kappa shape index (κ1) is 18.3. The highest BCUT2D eigenvalue weighted by atomic mass is 32.2. The minimum Gasteiger partial charge on any atom is -0.315 e. The lowest BCUT2D eigenvalue weighted by Gasteiger charge is -2.16. The molecule has 0 aliphatic carbocycles. The Morgan fingerprint density at radius 2 is 1.71 bits per heavy atom. The smallest absolute Gasteiger partial charge is 0.315 e. The molecule has 0 aliphatic heterocycles. The van der Waals surface area contributed by atoms with E-state index in [4.69, 9.17) is 4.55 Å². The van der Waals surface area contributed by atoms with Gasteiger partial charge in [-0.15, -0.1) is 0 Å². The van der Waals surface area contributed by atoms with Crippen LogP contribution in [-0.4, -0.2) is 22.5 Å². The van der Waals surface area contributed by atoms with E-state index in [2.05, 4.69) is 4.98 Å². The SMILES string of the molecule is O=S(=O)(O)c1nccn1Cc1ccc(C(F)(F)F)cc1C(F)(F)F. The fraction of sp³-hybridized carbons (Fsp3) is 0.250. The summed E-state index contributed by atoms with van der Waals surface area (Å²) >= 11 is 0. The summed E-state index contributed by atoms with van der Waals surface area (Å²) in [6.45, 7) is -0.748. The Morgan fingerprint density at radius 3 is 2.21 bits per heavy atom.